The second-order valence-electron chi connectivity index (χ2n) is 12.8. The van der Waals surface area contributed by atoms with Gasteiger partial charge in [0.05, 0.1) is 32.6 Å². The maximum Gasteiger partial charge on any atom is 0.209 e. The van der Waals surface area contributed by atoms with Gasteiger partial charge < -0.3 is 8.98 Å². The maximum absolute atomic E-state index is 14.9. The molecule has 7 heteroatoms. The first-order chi connectivity index (χ1) is 24.6. The number of aromatic nitrogens is 3. The molecule has 236 valence electrons. The van der Waals surface area contributed by atoms with E-state index < -0.39 is 9.84 Å². The lowest BCUT2D eigenvalue weighted by Crippen LogP contribution is -2.05. The van der Waals surface area contributed by atoms with Crippen molar-refractivity contribution in [2.75, 3.05) is 0 Å². The summed E-state index contributed by atoms with van der Waals surface area (Å²) in [6.45, 7) is 0. The Labute approximate surface area is 286 Å². The first kappa shape index (κ1) is 27.5. The lowest BCUT2D eigenvalue weighted by Gasteiger charge is -2.13. The summed E-state index contributed by atoms with van der Waals surface area (Å²) in [4.78, 5) is 5.56. The predicted octanol–water partition coefficient (Wildman–Crippen LogP) is 10.5. The van der Waals surface area contributed by atoms with Crippen LogP contribution in [0.25, 0.3) is 88.7 Å². The van der Waals surface area contributed by atoms with Gasteiger partial charge in [0.1, 0.15) is 21.9 Å². The van der Waals surface area contributed by atoms with Crippen LogP contribution in [0.1, 0.15) is 0 Å². The Balaban J connectivity index is 1.15. The second-order valence-corrected chi connectivity index (χ2v) is 14.6. The Hall–Kier alpha value is -6.44. The van der Waals surface area contributed by atoms with E-state index in [0.29, 0.717) is 21.7 Å². The summed E-state index contributed by atoms with van der Waals surface area (Å²) in [5.41, 5.74) is 8.81. The van der Waals surface area contributed by atoms with Crippen LogP contribution in [-0.4, -0.2) is 22.5 Å². The van der Waals surface area contributed by atoms with Crippen molar-refractivity contribution in [1.82, 2.24) is 14.1 Å². The third kappa shape index (κ3) is 3.61. The van der Waals surface area contributed by atoms with Crippen molar-refractivity contribution >= 4 is 64.6 Å². The number of benzene rings is 7. The number of fused-ring (bicyclic) bond motifs is 10. The number of imidazole rings is 1. The van der Waals surface area contributed by atoms with Crippen LogP contribution in [0, 0.1) is 0 Å². The number of nitrogens with zero attached hydrogens (tertiary/aromatic N) is 3. The van der Waals surface area contributed by atoms with E-state index in [-0.39, 0.29) is 4.90 Å². The van der Waals surface area contributed by atoms with Gasteiger partial charge in [-0.1, -0.05) is 97.1 Å². The molecule has 6 nitrogen and oxygen atoms in total. The lowest BCUT2D eigenvalue weighted by molar-refractivity contribution is 0.598. The van der Waals surface area contributed by atoms with Gasteiger partial charge in [-0.15, -0.1) is 0 Å². The molecule has 4 heterocycles. The van der Waals surface area contributed by atoms with E-state index in [1.807, 2.05) is 121 Å². The number of rotatable bonds is 3. The Morgan fingerprint density at radius 2 is 1.28 bits per heavy atom. The molecule has 0 amide bonds. The highest BCUT2D eigenvalue weighted by Crippen LogP contribution is 2.49. The van der Waals surface area contributed by atoms with Crippen LogP contribution in [0.3, 0.4) is 0 Å². The number of sulfone groups is 1. The quantitative estimate of drug-likeness (QED) is 0.189. The van der Waals surface area contributed by atoms with E-state index in [1.165, 1.54) is 0 Å². The van der Waals surface area contributed by atoms with Gasteiger partial charge in [-0.25, -0.2) is 13.4 Å². The molecule has 0 bridgehead atoms. The molecule has 0 saturated carbocycles. The molecule has 10 aromatic rings. The number of hydrogen-bond acceptors (Lipinski definition) is 4. The highest BCUT2D eigenvalue weighted by Gasteiger charge is 2.37. The van der Waals surface area contributed by atoms with Crippen LogP contribution < -0.4 is 0 Å². The van der Waals surface area contributed by atoms with E-state index >= 15 is 0 Å². The van der Waals surface area contributed by atoms with Crippen molar-refractivity contribution in [3.63, 3.8) is 0 Å². The molecular weight excluding hydrogens is 639 g/mol. The molecule has 7 aromatic carbocycles. The molecule has 0 N–H and O–H groups in total. The van der Waals surface area contributed by atoms with Crippen LogP contribution in [-0.2, 0) is 9.84 Å². The Bertz CT molecular complexity index is 3170. The molecule has 0 aliphatic carbocycles. The average molecular weight is 664 g/mol. The maximum atomic E-state index is 14.9. The highest BCUT2D eigenvalue weighted by molar-refractivity contribution is 7.92. The Morgan fingerprint density at radius 1 is 0.520 bits per heavy atom. The van der Waals surface area contributed by atoms with Crippen LogP contribution in [0.15, 0.2) is 166 Å². The number of para-hydroxylation sites is 4. The minimum atomic E-state index is -3.94. The minimum Gasteiger partial charge on any atom is -0.456 e. The molecule has 3 aromatic heterocycles. The fourth-order valence-corrected chi connectivity index (χ4v) is 9.78. The summed E-state index contributed by atoms with van der Waals surface area (Å²) in [5, 5.41) is 4.16. The highest BCUT2D eigenvalue weighted by atomic mass is 32.2. The first-order valence-electron chi connectivity index (χ1n) is 16.5. The summed E-state index contributed by atoms with van der Waals surface area (Å²) in [7, 11) is -3.94. The summed E-state index contributed by atoms with van der Waals surface area (Å²) in [6.07, 6.45) is 0. The van der Waals surface area contributed by atoms with Gasteiger partial charge in [0.15, 0.2) is 0 Å². The minimum absolute atomic E-state index is 0.287. The summed E-state index contributed by atoms with van der Waals surface area (Å²) in [5.74, 6) is 0.752. The van der Waals surface area contributed by atoms with Gasteiger partial charge in [0, 0.05) is 50.0 Å². The fourth-order valence-electron chi connectivity index (χ4n) is 7.92. The molecule has 0 fully saturated rings. The van der Waals surface area contributed by atoms with Gasteiger partial charge in [0.2, 0.25) is 9.84 Å². The molecule has 0 unspecified atom stereocenters. The standard InChI is InChI=1S/C43H25N3O3S/c47-50(48)41-23-27(45-36-18-8-6-16-34(36)44-43(45)26-11-2-1-3-12-26)21-22-30(41)31-15-10-19-37(42(31)50)46-35-17-7-4-13-28(35)32-24-33-29-14-5-9-20-39(29)49-40(33)25-38(32)46/h1-25H. The van der Waals surface area contributed by atoms with Crippen molar-refractivity contribution in [2.45, 2.75) is 9.79 Å². The van der Waals surface area contributed by atoms with Crippen LogP contribution >= 0.6 is 0 Å². The Morgan fingerprint density at radius 3 is 2.16 bits per heavy atom. The van der Waals surface area contributed by atoms with Crippen molar-refractivity contribution in [3.8, 4) is 33.9 Å². The van der Waals surface area contributed by atoms with E-state index in [1.54, 1.807) is 6.07 Å². The molecule has 0 radical (unpaired) electrons. The molecule has 50 heavy (non-hydrogen) atoms. The lowest BCUT2D eigenvalue weighted by atomic mass is 10.0. The molecule has 0 saturated heterocycles. The van der Waals surface area contributed by atoms with E-state index in [4.69, 9.17) is 9.40 Å². The number of furan rings is 1. The first-order valence-corrected chi connectivity index (χ1v) is 18.0. The van der Waals surface area contributed by atoms with E-state index in [9.17, 15) is 8.42 Å². The SMILES string of the molecule is O=S1(=O)c2cc(-n3c(-c4ccccc4)nc4ccccc43)ccc2-c2cccc(-n3c4ccccc4c4cc5c(cc43)oc3ccccc35)c21. The van der Waals surface area contributed by atoms with Crippen molar-refractivity contribution in [1.29, 1.82) is 0 Å². The van der Waals surface area contributed by atoms with Crippen molar-refractivity contribution in [3.05, 3.63) is 152 Å². The monoisotopic (exact) mass is 663 g/mol. The molecule has 11 rings (SSSR count). The second kappa shape index (κ2) is 9.81. The molecule has 0 spiro atoms. The van der Waals surface area contributed by atoms with Crippen LogP contribution in [0.2, 0.25) is 0 Å². The zero-order chi connectivity index (χ0) is 33.1. The van der Waals surface area contributed by atoms with Gasteiger partial charge in [-0.05, 0) is 48.5 Å². The fraction of sp³-hybridized carbons (Fsp3) is 0. The Kier molecular flexibility index (Phi) is 5.40. The summed E-state index contributed by atoms with van der Waals surface area (Å²) in [6, 6.07) is 49.9. The average Bonchev–Trinajstić information content (AvgIpc) is 3.88. The topological polar surface area (TPSA) is 70.0 Å². The van der Waals surface area contributed by atoms with Crippen LogP contribution in [0.4, 0.5) is 0 Å². The predicted molar refractivity (Wildman–Crippen MR) is 199 cm³/mol. The molecular formula is C43H25N3O3S. The third-order valence-corrected chi connectivity index (χ3v) is 12.0. The van der Waals surface area contributed by atoms with E-state index in [0.717, 1.165) is 71.9 Å². The zero-order valence-electron chi connectivity index (χ0n) is 26.4. The van der Waals surface area contributed by atoms with Crippen molar-refractivity contribution in [2.24, 2.45) is 0 Å². The third-order valence-electron chi connectivity index (χ3n) is 10.1. The molecule has 0 atom stereocenters. The largest absolute Gasteiger partial charge is 0.456 e. The smallest absolute Gasteiger partial charge is 0.209 e. The number of hydrogen-bond donors (Lipinski definition) is 0. The van der Waals surface area contributed by atoms with Crippen LogP contribution in [0.5, 0.6) is 0 Å². The van der Waals surface area contributed by atoms with Gasteiger partial charge in [-0.3, -0.25) is 4.57 Å². The van der Waals surface area contributed by atoms with Gasteiger partial charge in [-0.2, -0.15) is 0 Å². The molecule has 1 aliphatic heterocycles. The summed E-state index contributed by atoms with van der Waals surface area (Å²) >= 11 is 0. The zero-order valence-corrected chi connectivity index (χ0v) is 27.2. The van der Waals surface area contributed by atoms with E-state index in [2.05, 4.69) is 33.4 Å². The van der Waals surface area contributed by atoms with Gasteiger partial charge in [0.25, 0.3) is 0 Å². The normalized spacial score (nSPS) is 13.5. The molecule has 1 aliphatic rings. The van der Waals surface area contributed by atoms with Crippen molar-refractivity contribution < 1.29 is 12.8 Å². The van der Waals surface area contributed by atoms with Gasteiger partial charge >= 0.3 is 0 Å². The summed E-state index contributed by atoms with van der Waals surface area (Å²) < 4.78 is 40.2.